The Labute approximate surface area is 227 Å². The molecule has 2 aromatic heterocycles. The van der Waals surface area contributed by atoms with E-state index in [1.165, 1.54) is 11.9 Å². The molecule has 202 valence electrons. The number of amides is 2. The van der Waals surface area contributed by atoms with Gasteiger partial charge in [0.25, 0.3) is 0 Å². The van der Waals surface area contributed by atoms with Crippen molar-refractivity contribution in [2.45, 2.75) is 52.6 Å². The molecule has 11 heteroatoms. The molecule has 3 rings (SSSR count). The van der Waals surface area contributed by atoms with Gasteiger partial charge in [0.2, 0.25) is 11.9 Å². The molecule has 0 spiro atoms. The fourth-order valence-corrected chi connectivity index (χ4v) is 3.87. The Morgan fingerprint density at radius 3 is 2.76 bits per heavy atom. The van der Waals surface area contributed by atoms with Gasteiger partial charge in [0.1, 0.15) is 18.0 Å². The van der Waals surface area contributed by atoms with Crippen LogP contribution < -0.4 is 16.0 Å². The summed E-state index contributed by atoms with van der Waals surface area (Å²) in [7, 11) is 1.53. The highest BCUT2D eigenvalue weighted by atomic mass is 32.1. The van der Waals surface area contributed by atoms with Gasteiger partial charge in [0, 0.05) is 32.2 Å². The largest absolute Gasteiger partial charge is 0.444 e. The molecule has 0 aliphatic heterocycles. The molecule has 10 nitrogen and oxygen atoms in total. The van der Waals surface area contributed by atoms with Gasteiger partial charge in [-0.2, -0.15) is 4.98 Å². The van der Waals surface area contributed by atoms with Gasteiger partial charge in [-0.15, -0.1) is 11.3 Å². The van der Waals surface area contributed by atoms with E-state index in [1.807, 2.05) is 23.7 Å². The van der Waals surface area contributed by atoms with Crippen molar-refractivity contribution in [2.75, 3.05) is 37.3 Å². The molecule has 0 saturated carbocycles. The third-order valence-corrected chi connectivity index (χ3v) is 5.84. The number of benzene rings is 1. The van der Waals surface area contributed by atoms with Crippen LogP contribution in [0.25, 0.3) is 10.2 Å². The van der Waals surface area contributed by atoms with Crippen molar-refractivity contribution in [3.63, 3.8) is 0 Å². The van der Waals surface area contributed by atoms with Crippen molar-refractivity contribution >= 4 is 51.0 Å². The molecule has 3 aromatic rings. The van der Waals surface area contributed by atoms with Gasteiger partial charge in [0.15, 0.2) is 0 Å². The van der Waals surface area contributed by atoms with Crippen molar-refractivity contribution < 1.29 is 14.3 Å². The lowest BCUT2D eigenvalue weighted by atomic mass is 10.2. The Kier molecular flexibility index (Phi) is 10.2. The Bertz CT molecular complexity index is 1310. The quantitative estimate of drug-likeness (QED) is 0.250. The lowest BCUT2D eigenvalue weighted by molar-refractivity contribution is -0.122. The van der Waals surface area contributed by atoms with Crippen LogP contribution in [0.5, 0.6) is 0 Å². The van der Waals surface area contributed by atoms with Gasteiger partial charge < -0.3 is 25.6 Å². The first kappa shape index (κ1) is 28.7. The first-order valence-electron chi connectivity index (χ1n) is 12.6. The summed E-state index contributed by atoms with van der Waals surface area (Å²) in [6, 6.07) is 5.97. The molecule has 0 aliphatic rings. The van der Waals surface area contributed by atoms with E-state index in [4.69, 9.17) is 4.74 Å². The number of hydrogen-bond donors (Lipinski definition) is 3. The highest BCUT2D eigenvalue weighted by Crippen LogP contribution is 2.23. The number of nitrogens with one attached hydrogen (secondary N) is 3. The number of fused-ring (bicyclic) bond motifs is 1. The molecule has 0 saturated heterocycles. The van der Waals surface area contributed by atoms with Gasteiger partial charge in [-0.05, 0) is 51.8 Å². The smallest absolute Gasteiger partial charge is 0.410 e. The number of carbonyl (C=O) groups is 2. The fraction of sp³-hybridized carbons (Fsp3) is 0.444. The minimum atomic E-state index is -0.606. The summed E-state index contributed by atoms with van der Waals surface area (Å²) in [6.45, 7) is 8.59. The number of hydrogen-bond acceptors (Lipinski definition) is 9. The Balaban J connectivity index is 1.50. The van der Waals surface area contributed by atoms with Gasteiger partial charge in [-0.25, -0.2) is 14.8 Å². The summed E-state index contributed by atoms with van der Waals surface area (Å²) < 4.78 is 6.38. The van der Waals surface area contributed by atoms with Crippen molar-refractivity contribution in [3.8, 4) is 11.8 Å². The number of nitrogens with zero attached hydrogens (tertiary/aromatic N) is 4. The van der Waals surface area contributed by atoms with E-state index in [1.54, 1.807) is 38.3 Å². The van der Waals surface area contributed by atoms with Crippen molar-refractivity contribution in [3.05, 3.63) is 35.5 Å². The van der Waals surface area contributed by atoms with Gasteiger partial charge >= 0.3 is 6.09 Å². The Morgan fingerprint density at radius 1 is 1.18 bits per heavy atom. The maximum atomic E-state index is 12.1. The molecule has 0 aliphatic carbocycles. The summed E-state index contributed by atoms with van der Waals surface area (Å²) in [5.74, 6) is 7.16. The van der Waals surface area contributed by atoms with E-state index in [9.17, 15) is 9.59 Å². The van der Waals surface area contributed by atoms with Crippen LogP contribution in [0.4, 0.5) is 22.2 Å². The number of unbranched alkanes of at least 4 members (excludes halogenated alkanes) is 1. The second-order valence-electron chi connectivity index (χ2n) is 9.63. The molecule has 3 N–H and O–H groups in total. The average molecular weight is 538 g/mol. The Morgan fingerprint density at radius 2 is 2.00 bits per heavy atom. The maximum Gasteiger partial charge on any atom is 0.410 e. The van der Waals surface area contributed by atoms with Crippen LogP contribution in [-0.4, -0.2) is 64.1 Å². The molecule has 0 bridgehead atoms. The number of thiazole rings is 1. The zero-order valence-electron chi connectivity index (χ0n) is 22.6. The molecule has 0 unspecified atom stereocenters. The van der Waals surface area contributed by atoms with Crippen molar-refractivity contribution in [1.82, 2.24) is 25.2 Å². The topological polar surface area (TPSA) is 121 Å². The zero-order chi connectivity index (χ0) is 27.5. The summed E-state index contributed by atoms with van der Waals surface area (Å²) in [6.07, 6.45) is 3.38. The average Bonchev–Trinajstić information content (AvgIpc) is 3.32. The number of anilines is 3. The van der Waals surface area contributed by atoms with Crippen LogP contribution in [-0.2, 0) is 9.53 Å². The van der Waals surface area contributed by atoms with E-state index < -0.39 is 11.7 Å². The van der Waals surface area contributed by atoms with E-state index >= 15 is 0 Å². The third kappa shape index (κ3) is 9.19. The number of aromatic nitrogens is 3. The normalized spacial score (nSPS) is 10.9. The number of ether oxygens (including phenoxy) is 1. The molecule has 0 radical (unpaired) electrons. The summed E-state index contributed by atoms with van der Waals surface area (Å²) in [5, 5.41) is 9.36. The summed E-state index contributed by atoms with van der Waals surface area (Å²) >= 11 is 1.60. The molecular formula is C27H35N7O3S. The van der Waals surface area contributed by atoms with E-state index in [0.29, 0.717) is 36.7 Å². The lowest BCUT2D eigenvalue weighted by Gasteiger charge is -2.24. The van der Waals surface area contributed by atoms with Gasteiger partial charge in [0.05, 0.1) is 27.5 Å². The standard InChI is InChI=1S/C27H35N7O3S/c1-6-13-29-24-19(16-30-25(33-24)32-20-11-12-22-21(15-20)31-18-38-22)10-8-7-9-14-28-23(35)17-34(5)26(36)37-27(2,3)4/h11-12,15-16,18H,6-7,9,13-14,17H2,1-5H3,(H,28,35)(H2,29,30,32,33). The molecule has 2 heterocycles. The van der Waals surface area contributed by atoms with Crippen LogP contribution in [0.15, 0.2) is 29.9 Å². The zero-order valence-corrected chi connectivity index (χ0v) is 23.4. The summed E-state index contributed by atoms with van der Waals surface area (Å²) in [5.41, 5.74) is 3.72. The van der Waals surface area contributed by atoms with Crippen LogP contribution >= 0.6 is 11.3 Å². The van der Waals surface area contributed by atoms with Crippen molar-refractivity contribution in [1.29, 1.82) is 0 Å². The SMILES string of the molecule is CCCNc1nc(Nc2ccc3scnc3c2)ncc1C#CCCCNC(=O)CN(C)C(=O)OC(C)(C)C. The van der Waals surface area contributed by atoms with Crippen molar-refractivity contribution in [2.24, 2.45) is 0 Å². The highest BCUT2D eigenvalue weighted by molar-refractivity contribution is 7.16. The van der Waals surface area contributed by atoms with Gasteiger partial charge in [-0.1, -0.05) is 18.8 Å². The molecule has 0 atom stereocenters. The summed E-state index contributed by atoms with van der Waals surface area (Å²) in [4.78, 5) is 38.7. The van der Waals surface area contributed by atoms with E-state index in [0.717, 1.165) is 28.9 Å². The van der Waals surface area contributed by atoms with Crippen LogP contribution in [0, 0.1) is 11.8 Å². The van der Waals surface area contributed by atoms with Crippen LogP contribution in [0.1, 0.15) is 52.5 Å². The molecular weight excluding hydrogens is 502 g/mol. The minimum absolute atomic E-state index is 0.0671. The van der Waals surface area contributed by atoms with Gasteiger partial charge in [-0.3, -0.25) is 4.79 Å². The van der Waals surface area contributed by atoms with E-state index in [2.05, 4.69) is 49.7 Å². The monoisotopic (exact) mass is 537 g/mol. The van der Waals surface area contributed by atoms with Crippen LogP contribution in [0.2, 0.25) is 0 Å². The Hall–Kier alpha value is -3.91. The predicted octanol–water partition coefficient (Wildman–Crippen LogP) is 4.77. The molecule has 0 fully saturated rings. The molecule has 38 heavy (non-hydrogen) atoms. The second kappa shape index (κ2) is 13.6. The van der Waals surface area contributed by atoms with Crippen LogP contribution in [0.3, 0.4) is 0 Å². The number of carbonyl (C=O) groups excluding carboxylic acids is 2. The number of likely N-dealkylation sites (N-methyl/N-ethyl adjacent to an activating group) is 1. The number of rotatable bonds is 10. The molecule has 1 aromatic carbocycles. The highest BCUT2D eigenvalue weighted by Gasteiger charge is 2.20. The van der Waals surface area contributed by atoms with E-state index in [-0.39, 0.29) is 12.5 Å². The molecule has 2 amide bonds. The predicted molar refractivity (Wildman–Crippen MR) is 152 cm³/mol. The maximum absolute atomic E-state index is 12.1. The first-order chi connectivity index (χ1) is 18.1. The second-order valence-corrected chi connectivity index (χ2v) is 10.5. The minimum Gasteiger partial charge on any atom is -0.444 e. The third-order valence-electron chi connectivity index (χ3n) is 5.03. The lowest BCUT2D eigenvalue weighted by Crippen LogP contribution is -2.41. The fourth-order valence-electron chi connectivity index (χ4n) is 3.21. The first-order valence-corrected chi connectivity index (χ1v) is 13.4.